The Morgan fingerprint density at radius 1 is 0.773 bits per heavy atom. The zero-order chi connectivity index (χ0) is 15.6. The molecule has 1 aromatic rings. The summed E-state index contributed by atoms with van der Waals surface area (Å²) in [5.74, 6) is 0. The van der Waals surface area contributed by atoms with E-state index in [0.29, 0.717) is 17.9 Å². The van der Waals surface area contributed by atoms with E-state index in [0.717, 1.165) is 29.3 Å². The van der Waals surface area contributed by atoms with Crippen molar-refractivity contribution >= 4 is 45.7 Å². The van der Waals surface area contributed by atoms with Gasteiger partial charge in [-0.3, -0.25) is 0 Å². The van der Waals surface area contributed by atoms with E-state index in [1.165, 1.54) is 38.5 Å². The van der Waals surface area contributed by atoms with E-state index in [1.54, 1.807) is 0 Å². The summed E-state index contributed by atoms with van der Waals surface area (Å²) in [5.41, 5.74) is 0. The van der Waals surface area contributed by atoms with Crippen molar-refractivity contribution in [2.45, 2.75) is 72.1 Å². The summed E-state index contributed by atoms with van der Waals surface area (Å²) >= 11 is 8.36. The molecule has 0 atom stereocenters. The van der Waals surface area contributed by atoms with E-state index in [-0.39, 0.29) is 0 Å². The molecule has 2 fully saturated rings. The van der Waals surface area contributed by atoms with Crippen molar-refractivity contribution in [3.8, 4) is 0 Å². The zero-order valence-electron chi connectivity index (χ0n) is 13.1. The summed E-state index contributed by atoms with van der Waals surface area (Å²) in [6.45, 7) is 0. The molecule has 0 aliphatic heterocycles. The molecule has 0 heterocycles. The van der Waals surface area contributed by atoms with Crippen molar-refractivity contribution in [2.24, 2.45) is 0 Å². The van der Waals surface area contributed by atoms with Gasteiger partial charge in [-0.25, -0.2) is 0 Å². The Labute approximate surface area is 148 Å². The van der Waals surface area contributed by atoms with Crippen LogP contribution in [0.5, 0.6) is 0 Å². The Morgan fingerprint density at radius 3 is 1.73 bits per heavy atom. The quantitative estimate of drug-likeness (QED) is 0.446. The van der Waals surface area contributed by atoms with E-state index in [2.05, 4.69) is 0 Å². The van der Waals surface area contributed by atoms with Crippen LogP contribution < -0.4 is 3.58 Å². The molecule has 0 radical (unpaired) electrons. The van der Waals surface area contributed by atoms with E-state index in [9.17, 15) is 0 Å². The van der Waals surface area contributed by atoms with Gasteiger partial charge < -0.3 is 0 Å². The van der Waals surface area contributed by atoms with Gasteiger partial charge in [0.25, 0.3) is 0 Å². The van der Waals surface area contributed by atoms with Crippen LogP contribution >= 0.6 is 23.2 Å². The van der Waals surface area contributed by atoms with Crippen LogP contribution in [0.4, 0.5) is 2.87 Å². The molecule has 0 unspecified atom stereocenters. The fraction of sp³-hybridized carbons (Fsp3) is 0.667. The molecule has 0 N–H and O–H groups in total. The molecule has 2 saturated carbocycles. The summed E-state index contributed by atoms with van der Waals surface area (Å²) in [7, 11) is 0. The van der Waals surface area contributed by atoms with E-state index in [4.69, 9.17) is 23.2 Å². The second kappa shape index (κ2) is 7.61. The zero-order valence-corrected chi connectivity index (χ0v) is 17.5. The number of benzene rings is 1. The molecule has 2 aliphatic rings. The van der Waals surface area contributed by atoms with Gasteiger partial charge in [0.05, 0.1) is 0 Å². The summed E-state index contributed by atoms with van der Waals surface area (Å²) in [6.07, 6.45) is 11.8. The van der Waals surface area contributed by atoms with Crippen LogP contribution in [0.2, 0.25) is 17.9 Å². The molecule has 2 aliphatic carbocycles. The summed E-state index contributed by atoms with van der Waals surface area (Å²) in [5, 5.41) is 1.08. The van der Waals surface area contributed by atoms with E-state index >= 15 is 2.87 Å². The average molecular weight is 450 g/mol. The second-order valence-corrected chi connectivity index (χ2v) is 18.6. The summed E-state index contributed by atoms with van der Waals surface area (Å²) in [4.78, 5) is 0. The van der Waals surface area contributed by atoms with Crippen LogP contribution in [0.3, 0.4) is 0 Å². The van der Waals surface area contributed by atoms with Crippen LogP contribution in [0.25, 0.3) is 0 Å². The standard InChI is InChI=1S/C6H3Cl2.2C6H11.FH.Sn/c7-5-3-1-2-4-6(5)8;2*1-2-4-6-5-3-1;;/h1,3-4H;2*1H,2-6H2;1H;/q;;;;+1/p-1. The van der Waals surface area contributed by atoms with Crippen molar-refractivity contribution in [1.29, 1.82) is 0 Å². The Bertz CT molecular complexity index is 490. The molecular weight excluding hydrogens is 425 g/mol. The molecule has 0 aromatic heterocycles. The minimum atomic E-state index is -3.94. The van der Waals surface area contributed by atoms with E-state index < -0.39 is 18.9 Å². The van der Waals surface area contributed by atoms with Crippen LogP contribution in [-0.4, -0.2) is 18.9 Å². The first-order chi connectivity index (χ1) is 10.6. The van der Waals surface area contributed by atoms with Crippen LogP contribution in [-0.2, 0) is 0 Å². The number of halogens is 3. The molecular formula is C18H25Cl2FSn. The van der Waals surface area contributed by atoms with Gasteiger partial charge >= 0.3 is 149 Å². The maximum absolute atomic E-state index is 16.7. The normalized spacial score (nSPS) is 22.0. The monoisotopic (exact) mass is 450 g/mol. The predicted molar refractivity (Wildman–Crippen MR) is 96.6 cm³/mol. The third-order valence-electron chi connectivity index (χ3n) is 5.76. The molecule has 4 heteroatoms. The van der Waals surface area contributed by atoms with Gasteiger partial charge in [0.15, 0.2) is 0 Å². The van der Waals surface area contributed by atoms with Gasteiger partial charge in [-0.1, -0.05) is 0 Å². The average Bonchev–Trinajstić information content (AvgIpc) is 2.58. The Balaban J connectivity index is 1.98. The van der Waals surface area contributed by atoms with Crippen LogP contribution in [0.15, 0.2) is 18.2 Å². The summed E-state index contributed by atoms with van der Waals surface area (Å²) in [6, 6.07) is 5.66. The van der Waals surface area contributed by atoms with Crippen LogP contribution in [0, 0.1) is 0 Å². The van der Waals surface area contributed by atoms with Gasteiger partial charge in [0, 0.05) is 0 Å². The second-order valence-electron chi connectivity index (χ2n) is 7.07. The minimum absolute atomic E-state index is 0.350. The fourth-order valence-electron chi connectivity index (χ4n) is 4.58. The molecule has 0 spiro atoms. The van der Waals surface area contributed by atoms with Gasteiger partial charge in [-0.2, -0.15) is 0 Å². The maximum atomic E-state index is 16.7. The van der Waals surface area contributed by atoms with Gasteiger partial charge in [0.1, 0.15) is 0 Å². The predicted octanol–water partition coefficient (Wildman–Crippen LogP) is 6.78. The van der Waals surface area contributed by atoms with Gasteiger partial charge in [0.2, 0.25) is 0 Å². The first kappa shape index (κ1) is 17.4. The fourth-order valence-corrected chi connectivity index (χ4v) is 18.9. The summed E-state index contributed by atoms with van der Waals surface area (Å²) < 4.78 is 18.4. The molecule has 22 heavy (non-hydrogen) atoms. The van der Waals surface area contributed by atoms with Crippen molar-refractivity contribution in [1.82, 2.24) is 0 Å². The first-order valence-electron chi connectivity index (χ1n) is 8.77. The molecule has 3 rings (SSSR count). The topological polar surface area (TPSA) is 0 Å². The van der Waals surface area contributed by atoms with Gasteiger partial charge in [-0.15, -0.1) is 0 Å². The Hall–Kier alpha value is 0.529. The Kier molecular flexibility index (Phi) is 6.00. The van der Waals surface area contributed by atoms with Crippen LogP contribution in [0.1, 0.15) is 64.2 Å². The Morgan fingerprint density at radius 2 is 1.27 bits per heavy atom. The molecule has 0 nitrogen and oxygen atoms in total. The van der Waals surface area contributed by atoms with Crippen molar-refractivity contribution < 1.29 is 2.87 Å². The van der Waals surface area contributed by atoms with Crippen molar-refractivity contribution in [2.75, 3.05) is 0 Å². The first-order valence-corrected chi connectivity index (χ1v) is 15.3. The molecule has 122 valence electrons. The molecule has 0 saturated heterocycles. The molecule has 0 bridgehead atoms. The number of hydrogen-bond acceptors (Lipinski definition) is 0. The number of rotatable bonds is 3. The third-order valence-corrected chi connectivity index (χ3v) is 20.0. The third kappa shape index (κ3) is 3.47. The molecule has 0 amide bonds. The number of hydrogen-bond donors (Lipinski definition) is 0. The SMILES string of the molecule is [F][Sn]([c]1ccc(Cl)c(Cl)c1)([CH]1CCCCC1)[CH]1CCCCC1. The molecule has 1 aromatic carbocycles. The van der Waals surface area contributed by atoms with Gasteiger partial charge in [-0.05, 0) is 0 Å². The van der Waals surface area contributed by atoms with Crippen molar-refractivity contribution in [3.05, 3.63) is 28.2 Å². The van der Waals surface area contributed by atoms with E-state index in [1.807, 2.05) is 18.2 Å². The van der Waals surface area contributed by atoms with Crippen molar-refractivity contribution in [3.63, 3.8) is 0 Å².